The fourth-order valence-electron chi connectivity index (χ4n) is 6.52. The first-order chi connectivity index (χ1) is 15.7. The van der Waals surface area contributed by atoms with Gasteiger partial charge in [0.1, 0.15) is 0 Å². The summed E-state index contributed by atoms with van der Waals surface area (Å²) in [4.78, 5) is 0. The van der Waals surface area contributed by atoms with Crippen molar-refractivity contribution >= 4 is 37.1 Å². The summed E-state index contributed by atoms with van der Waals surface area (Å²) >= 11 is 0. The van der Waals surface area contributed by atoms with Crippen LogP contribution in [0.15, 0.2) is 84.9 Å². The molecule has 4 unspecified atom stereocenters. The minimum atomic E-state index is -0.771. The van der Waals surface area contributed by atoms with E-state index in [0.717, 1.165) is 12.8 Å². The van der Waals surface area contributed by atoms with Gasteiger partial charge >= 0.3 is 0 Å². The van der Waals surface area contributed by atoms with Crippen LogP contribution in [0.5, 0.6) is 0 Å². The van der Waals surface area contributed by atoms with Crippen LogP contribution >= 0.6 is 15.8 Å². The van der Waals surface area contributed by atoms with Gasteiger partial charge in [-0.25, -0.2) is 0 Å². The first-order valence-electron chi connectivity index (χ1n) is 11.6. The summed E-state index contributed by atoms with van der Waals surface area (Å²) in [6, 6.07) is 30.9. The molecule has 0 amide bonds. The van der Waals surface area contributed by atoms with Crippen molar-refractivity contribution in [3.8, 4) is 0 Å². The van der Waals surface area contributed by atoms with Gasteiger partial charge in [-0.05, 0) is 64.8 Å². The normalized spacial score (nSPS) is 36.9. The highest BCUT2D eigenvalue weighted by Crippen LogP contribution is 2.75. The standard InChI is InChI=1S/C28H30O3P2/c1-25-19-27(3)31-26(2,29-25)20-28(4,30-25)33(27)24-18-12-11-17-23(24)32(21-13-7-5-8-14-21)22-15-9-6-10-16-22/h5-18H,19-20H2,1-4H3. The Hall–Kier alpha value is -1.60. The van der Waals surface area contributed by atoms with Crippen LogP contribution in [-0.4, -0.2) is 22.3 Å². The van der Waals surface area contributed by atoms with E-state index < -0.39 is 27.4 Å². The van der Waals surface area contributed by atoms with Crippen LogP contribution in [-0.2, 0) is 14.2 Å². The molecule has 4 aliphatic heterocycles. The molecule has 4 atom stereocenters. The Morgan fingerprint density at radius 3 is 1.58 bits per heavy atom. The van der Waals surface area contributed by atoms with Crippen LogP contribution in [0.1, 0.15) is 40.5 Å². The van der Waals surface area contributed by atoms with Gasteiger partial charge in [0.05, 0.1) is 10.7 Å². The average molecular weight is 476 g/mol. The smallest absolute Gasteiger partial charge is 0.173 e. The van der Waals surface area contributed by atoms with Crippen molar-refractivity contribution in [2.45, 2.75) is 62.8 Å². The molecule has 0 aliphatic carbocycles. The van der Waals surface area contributed by atoms with E-state index in [1.807, 2.05) is 0 Å². The van der Waals surface area contributed by atoms with Gasteiger partial charge in [-0.1, -0.05) is 84.9 Å². The van der Waals surface area contributed by atoms with E-state index in [2.05, 4.69) is 113 Å². The molecule has 7 rings (SSSR count). The second-order valence-electron chi connectivity index (χ2n) is 10.1. The third-order valence-corrected chi connectivity index (χ3v) is 12.9. The molecule has 4 aliphatic rings. The Morgan fingerprint density at radius 1 is 0.606 bits per heavy atom. The summed E-state index contributed by atoms with van der Waals surface area (Å²) in [5, 5.41) is 4.95. The molecular weight excluding hydrogens is 446 g/mol. The molecule has 170 valence electrons. The Balaban J connectivity index is 1.54. The van der Waals surface area contributed by atoms with Crippen molar-refractivity contribution in [3.63, 3.8) is 0 Å². The number of rotatable bonds is 4. The number of hydrogen-bond acceptors (Lipinski definition) is 3. The molecule has 0 N–H and O–H groups in total. The maximum atomic E-state index is 6.78. The van der Waals surface area contributed by atoms with E-state index in [-0.39, 0.29) is 10.7 Å². The monoisotopic (exact) mass is 476 g/mol. The predicted octanol–water partition coefficient (Wildman–Crippen LogP) is 5.29. The van der Waals surface area contributed by atoms with Gasteiger partial charge in [0.15, 0.2) is 11.6 Å². The van der Waals surface area contributed by atoms with Gasteiger partial charge in [0.2, 0.25) is 0 Å². The molecule has 4 fully saturated rings. The lowest BCUT2D eigenvalue weighted by Crippen LogP contribution is -2.72. The second-order valence-corrected chi connectivity index (χ2v) is 15.3. The summed E-state index contributed by atoms with van der Waals surface area (Å²) in [5.41, 5.74) is 0. The summed E-state index contributed by atoms with van der Waals surface area (Å²) in [7, 11) is -1.48. The Labute approximate surface area is 199 Å². The zero-order valence-corrected chi connectivity index (χ0v) is 21.4. The molecular formula is C28H30O3P2. The molecule has 3 aromatic rings. The fraction of sp³-hybridized carbons (Fsp3) is 0.357. The predicted molar refractivity (Wildman–Crippen MR) is 138 cm³/mol. The van der Waals surface area contributed by atoms with Crippen LogP contribution in [0.2, 0.25) is 0 Å². The van der Waals surface area contributed by atoms with E-state index in [9.17, 15) is 0 Å². The van der Waals surface area contributed by atoms with Crippen LogP contribution < -0.4 is 21.2 Å². The summed E-state index contributed by atoms with van der Waals surface area (Å²) in [6.07, 6.45) is 1.50. The SMILES string of the molecule is CC12CC3(C)OC(C)(CC(C)(O1)P3c1ccccc1P(c1ccccc1)c1ccccc1)O2. The zero-order chi connectivity index (χ0) is 22.9. The van der Waals surface area contributed by atoms with Gasteiger partial charge in [-0.2, -0.15) is 0 Å². The molecule has 0 radical (unpaired) electrons. The molecule has 4 bridgehead atoms. The van der Waals surface area contributed by atoms with Crippen molar-refractivity contribution in [3.05, 3.63) is 84.9 Å². The molecule has 0 aromatic heterocycles. The Bertz CT molecular complexity index is 1100. The molecule has 4 heterocycles. The van der Waals surface area contributed by atoms with E-state index in [1.54, 1.807) is 0 Å². The third-order valence-electron chi connectivity index (χ3n) is 6.94. The van der Waals surface area contributed by atoms with Crippen LogP contribution in [0.25, 0.3) is 0 Å². The summed E-state index contributed by atoms with van der Waals surface area (Å²) in [5.74, 6) is -1.18. The second kappa shape index (κ2) is 7.45. The van der Waals surface area contributed by atoms with E-state index in [1.165, 1.54) is 21.2 Å². The van der Waals surface area contributed by atoms with Crippen molar-refractivity contribution in [2.24, 2.45) is 0 Å². The van der Waals surface area contributed by atoms with Crippen LogP contribution in [0.3, 0.4) is 0 Å². The van der Waals surface area contributed by atoms with E-state index in [0.29, 0.717) is 0 Å². The average Bonchev–Trinajstić information content (AvgIpc) is 2.73. The van der Waals surface area contributed by atoms with Gasteiger partial charge in [-0.3, -0.25) is 0 Å². The largest absolute Gasteiger partial charge is 0.339 e. The Morgan fingerprint density at radius 2 is 1.06 bits per heavy atom. The lowest BCUT2D eigenvalue weighted by Gasteiger charge is -2.69. The summed E-state index contributed by atoms with van der Waals surface area (Å²) < 4.78 is 19.8. The van der Waals surface area contributed by atoms with Crippen LogP contribution in [0.4, 0.5) is 0 Å². The molecule has 3 aromatic carbocycles. The molecule has 4 saturated heterocycles. The fourth-order valence-corrected chi connectivity index (χ4v) is 13.5. The van der Waals surface area contributed by atoms with Crippen molar-refractivity contribution in [1.82, 2.24) is 0 Å². The highest BCUT2D eigenvalue weighted by Gasteiger charge is 2.71. The van der Waals surface area contributed by atoms with E-state index in [4.69, 9.17) is 14.2 Å². The summed E-state index contributed by atoms with van der Waals surface area (Å²) in [6.45, 7) is 8.76. The number of benzene rings is 3. The lowest BCUT2D eigenvalue weighted by molar-refractivity contribution is -0.467. The van der Waals surface area contributed by atoms with E-state index >= 15 is 0 Å². The highest BCUT2D eigenvalue weighted by atomic mass is 31.1. The topological polar surface area (TPSA) is 27.7 Å². The minimum Gasteiger partial charge on any atom is -0.339 e. The van der Waals surface area contributed by atoms with Gasteiger partial charge < -0.3 is 14.2 Å². The quantitative estimate of drug-likeness (QED) is 0.479. The van der Waals surface area contributed by atoms with Crippen molar-refractivity contribution in [1.29, 1.82) is 0 Å². The number of hydrogen-bond donors (Lipinski definition) is 0. The maximum absolute atomic E-state index is 6.78. The highest BCUT2D eigenvalue weighted by molar-refractivity contribution is 7.82. The molecule has 33 heavy (non-hydrogen) atoms. The first kappa shape index (κ1) is 21.9. The van der Waals surface area contributed by atoms with Crippen molar-refractivity contribution < 1.29 is 14.2 Å². The molecule has 3 nitrogen and oxygen atoms in total. The van der Waals surface area contributed by atoms with Gasteiger partial charge in [0, 0.05) is 12.8 Å². The molecule has 0 spiro atoms. The lowest BCUT2D eigenvalue weighted by atomic mass is 9.98. The van der Waals surface area contributed by atoms with Crippen molar-refractivity contribution in [2.75, 3.05) is 0 Å². The first-order valence-corrected chi connectivity index (χ1v) is 14.3. The maximum Gasteiger partial charge on any atom is 0.173 e. The molecule has 5 heteroatoms. The Kier molecular flexibility index (Phi) is 4.94. The van der Waals surface area contributed by atoms with Gasteiger partial charge in [-0.15, -0.1) is 0 Å². The van der Waals surface area contributed by atoms with Gasteiger partial charge in [0.25, 0.3) is 0 Å². The number of ether oxygens (including phenoxy) is 3. The third kappa shape index (κ3) is 3.53. The zero-order valence-electron chi connectivity index (χ0n) is 19.6. The minimum absolute atomic E-state index is 0.299. The van der Waals surface area contributed by atoms with Crippen LogP contribution in [0, 0.1) is 0 Å². The molecule has 0 saturated carbocycles.